The van der Waals surface area contributed by atoms with E-state index < -0.39 is 21.5 Å². The molecule has 0 fully saturated rings. The lowest BCUT2D eigenvalue weighted by molar-refractivity contribution is -0.119. The van der Waals surface area contributed by atoms with Crippen LogP contribution < -0.4 is 15.2 Å². The summed E-state index contributed by atoms with van der Waals surface area (Å²) in [5.41, 5.74) is 3.87. The molecule has 4 N–H and O–H groups in total. The van der Waals surface area contributed by atoms with E-state index in [-0.39, 0.29) is 18.0 Å². The molecule has 1 unspecified atom stereocenters. The van der Waals surface area contributed by atoms with Crippen molar-refractivity contribution in [2.45, 2.75) is 10.5 Å². The fourth-order valence-electron chi connectivity index (χ4n) is 2.50. The van der Waals surface area contributed by atoms with Gasteiger partial charge in [0.15, 0.2) is 6.61 Å². The number of nitrogens with two attached hydrogens (primary N) is 1. The number of carbonyl (C=O) groups excluding carboxylic acids is 1. The van der Waals surface area contributed by atoms with Gasteiger partial charge >= 0.3 is 0 Å². The lowest BCUT2D eigenvalue weighted by atomic mass is 9.95. The molecule has 28 heavy (non-hydrogen) atoms. The highest BCUT2D eigenvalue weighted by Crippen LogP contribution is 2.33. The summed E-state index contributed by atoms with van der Waals surface area (Å²) in [6, 6.07) is 10.6. The van der Waals surface area contributed by atoms with Crippen LogP contribution >= 0.6 is 11.3 Å². The van der Waals surface area contributed by atoms with Crippen molar-refractivity contribution in [1.29, 1.82) is 0 Å². The molecule has 2 heterocycles. The number of primary amides is 1. The van der Waals surface area contributed by atoms with Crippen molar-refractivity contribution in [3.8, 4) is 5.75 Å². The largest absolute Gasteiger partial charge is 0.484 e. The lowest BCUT2D eigenvalue weighted by Gasteiger charge is -2.26. The van der Waals surface area contributed by atoms with E-state index in [1.807, 2.05) is 0 Å². The molecular weight excluding hydrogens is 404 g/mol. The average Bonchev–Trinajstić information content (AvgIpc) is 3.39. The number of amides is 1. The van der Waals surface area contributed by atoms with E-state index in [0.717, 1.165) is 0 Å². The number of hydrogen-bond acceptors (Lipinski definition) is 7. The average molecular weight is 422 g/mol. The van der Waals surface area contributed by atoms with Crippen molar-refractivity contribution in [2.75, 3.05) is 13.2 Å². The monoisotopic (exact) mass is 422 g/mol. The number of aliphatic hydroxyl groups is 1. The number of sulfonamides is 1. The van der Waals surface area contributed by atoms with Crippen LogP contribution in [0.2, 0.25) is 0 Å². The number of thiophene rings is 1. The second kappa shape index (κ2) is 8.15. The van der Waals surface area contributed by atoms with Crippen LogP contribution in [0.1, 0.15) is 10.4 Å². The molecule has 0 aliphatic carbocycles. The number of hydrogen-bond donors (Lipinski definition) is 3. The first-order valence-corrected chi connectivity index (χ1v) is 10.5. The molecule has 3 aromatic rings. The quantitative estimate of drug-likeness (QED) is 0.478. The van der Waals surface area contributed by atoms with Crippen LogP contribution in [0.4, 0.5) is 0 Å². The summed E-state index contributed by atoms with van der Waals surface area (Å²) in [5, 5.41) is 13.0. The minimum Gasteiger partial charge on any atom is -0.484 e. The van der Waals surface area contributed by atoms with Crippen LogP contribution in [0, 0.1) is 0 Å². The number of nitrogens with one attached hydrogen (secondary N) is 1. The Hall–Kier alpha value is -2.66. The van der Waals surface area contributed by atoms with Gasteiger partial charge in [-0.15, -0.1) is 11.3 Å². The normalized spacial score (nSPS) is 13.8. The zero-order chi connectivity index (χ0) is 20.2. The van der Waals surface area contributed by atoms with E-state index in [2.05, 4.69) is 4.72 Å². The van der Waals surface area contributed by atoms with Gasteiger partial charge < -0.3 is 20.0 Å². The molecule has 0 aliphatic rings. The van der Waals surface area contributed by atoms with Gasteiger partial charge in [0, 0.05) is 17.0 Å². The number of rotatable bonds is 9. The molecule has 1 amide bonds. The number of furan rings is 1. The Kier molecular flexibility index (Phi) is 5.84. The molecule has 1 atom stereocenters. The van der Waals surface area contributed by atoms with E-state index in [9.17, 15) is 18.3 Å². The van der Waals surface area contributed by atoms with Crippen LogP contribution in [-0.4, -0.2) is 32.6 Å². The van der Waals surface area contributed by atoms with Crippen LogP contribution in [0.25, 0.3) is 0 Å². The highest BCUT2D eigenvalue weighted by Gasteiger charge is 2.35. The molecule has 0 aliphatic heterocycles. The van der Waals surface area contributed by atoms with E-state index in [1.165, 1.54) is 48.1 Å². The summed E-state index contributed by atoms with van der Waals surface area (Å²) >= 11 is 1.30. The smallest absolute Gasteiger partial charge is 0.255 e. The predicted molar refractivity (Wildman–Crippen MR) is 102 cm³/mol. The van der Waals surface area contributed by atoms with Crippen molar-refractivity contribution >= 4 is 27.3 Å². The third kappa shape index (κ3) is 4.42. The van der Waals surface area contributed by atoms with Gasteiger partial charge in [0.2, 0.25) is 10.0 Å². The zero-order valence-corrected chi connectivity index (χ0v) is 16.2. The minimum absolute atomic E-state index is 0.0142. The molecule has 0 bridgehead atoms. The second-order valence-electron chi connectivity index (χ2n) is 5.90. The summed E-state index contributed by atoms with van der Waals surface area (Å²) in [7, 11) is -3.91. The molecule has 8 nitrogen and oxygen atoms in total. The van der Waals surface area contributed by atoms with Gasteiger partial charge in [0.1, 0.15) is 11.4 Å². The van der Waals surface area contributed by atoms with Gasteiger partial charge in [0.25, 0.3) is 5.91 Å². The van der Waals surface area contributed by atoms with Crippen molar-refractivity contribution in [3.63, 3.8) is 0 Å². The Morgan fingerprint density at radius 1 is 1.25 bits per heavy atom. The van der Waals surface area contributed by atoms with Crippen molar-refractivity contribution in [1.82, 2.24) is 4.72 Å². The van der Waals surface area contributed by atoms with Crippen LogP contribution in [0.3, 0.4) is 0 Å². The Morgan fingerprint density at radius 2 is 2.00 bits per heavy atom. The van der Waals surface area contributed by atoms with Crippen molar-refractivity contribution in [2.24, 2.45) is 5.73 Å². The maximum Gasteiger partial charge on any atom is 0.255 e. The molecule has 2 aromatic heterocycles. The SMILES string of the molecule is NC(=O)COc1ccc(S(=O)(=O)NCC(O)(c2ccoc2)c2cccs2)cc1. The van der Waals surface area contributed by atoms with Gasteiger partial charge in [-0.05, 0) is 41.8 Å². The summed E-state index contributed by atoms with van der Waals surface area (Å²) in [6.07, 6.45) is 2.78. The third-order valence-corrected chi connectivity index (χ3v) is 6.40. The first-order chi connectivity index (χ1) is 13.3. The highest BCUT2D eigenvalue weighted by molar-refractivity contribution is 7.89. The van der Waals surface area contributed by atoms with Gasteiger partial charge in [0.05, 0.1) is 17.4 Å². The Morgan fingerprint density at radius 3 is 2.57 bits per heavy atom. The fourth-order valence-corrected chi connectivity index (χ4v) is 4.40. The Balaban J connectivity index is 1.77. The maximum absolute atomic E-state index is 12.6. The predicted octanol–water partition coefficient (Wildman–Crippen LogP) is 1.42. The lowest BCUT2D eigenvalue weighted by Crippen LogP contribution is -2.40. The molecule has 1 aromatic carbocycles. The molecule has 0 saturated carbocycles. The maximum atomic E-state index is 12.6. The van der Waals surface area contributed by atoms with E-state index >= 15 is 0 Å². The molecule has 148 valence electrons. The Labute approximate surface area is 165 Å². The summed E-state index contributed by atoms with van der Waals surface area (Å²) in [5.74, 6) is -0.322. The summed E-state index contributed by atoms with van der Waals surface area (Å²) < 4.78 is 37.9. The minimum atomic E-state index is -3.91. The van der Waals surface area contributed by atoms with Crippen molar-refractivity contribution < 1.29 is 27.5 Å². The number of carbonyl (C=O) groups is 1. The van der Waals surface area contributed by atoms with E-state index in [4.69, 9.17) is 14.9 Å². The fraction of sp³-hybridized carbons (Fsp3) is 0.167. The molecule has 0 radical (unpaired) electrons. The van der Waals surface area contributed by atoms with Gasteiger partial charge in [-0.25, -0.2) is 13.1 Å². The Bertz CT molecular complexity index is 978. The van der Waals surface area contributed by atoms with Crippen LogP contribution in [-0.2, 0) is 20.4 Å². The number of benzene rings is 1. The first kappa shape index (κ1) is 20.1. The summed E-state index contributed by atoms with van der Waals surface area (Å²) in [6.45, 7) is -0.585. The van der Waals surface area contributed by atoms with E-state index in [0.29, 0.717) is 16.2 Å². The summed E-state index contributed by atoms with van der Waals surface area (Å²) in [4.78, 5) is 11.3. The second-order valence-corrected chi connectivity index (χ2v) is 8.62. The topological polar surface area (TPSA) is 132 Å². The van der Waals surface area contributed by atoms with Crippen LogP contribution in [0.5, 0.6) is 5.75 Å². The molecular formula is C18H18N2O6S2. The molecule has 3 rings (SSSR count). The molecule has 0 saturated heterocycles. The van der Waals surface area contributed by atoms with Crippen LogP contribution in [0.15, 0.2) is 69.7 Å². The van der Waals surface area contributed by atoms with Gasteiger partial charge in [-0.3, -0.25) is 4.79 Å². The van der Waals surface area contributed by atoms with E-state index in [1.54, 1.807) is 23.6 Å². The molecule has 10 heteroatoms. The van der Waals surface area contributed by atoms with Crippen molar-refractivity contribution in [3.05, 3.63) is 70.8 Å². The number of ether oxygens (including phenoxy) is 1. The zero-order valence-electron chi connectivity index (χ0n) is 14.6. The first-order valence-electron chi connectivity index (χ1n) is 8.11. The standard InChI is InChI=1S/C18H18N2O6S2/c19-17(21)11-26-14-3-5-15(6-4-14)28(23,24)20-12-18(22,13-7-8-25-10-13)16-2-1-9-27-16/h1-10,20,22H,11-12H2,(H2,19,21). The van der Waals surface area contributed by atoms with Gasteiger partial charge in [-0.1, -0.05) is 6.07 Å². The highest BCUT2D eigenvalue weighted by atomic mass is 32.2. The third-order valence-electron chi connectivity index (χ3n) is 3.96. The molecule has 0 spiro atoms. The van der Waals surface area contributed by atoms with Gasteiger partial charge in [-0.2, -0.15) is 0 Å².